The molecule has 2 saturated carbocycles. The maximum absolute atomic E-state index is 10.5. The van der Waals surface area contributed by atoms with Crippen LogP contribution in [0.5, 0.6) is 0 Å². The first kappa shape index (κ1) is 25.7. The first-order valence-electron chi connectivity index (χ1n) is 12.0. The largest absolute Gasteiger partial charge is 0.478 e. The lowest BCUT2D eigenvalue weighted by Gasteiger charge is -2.36. The van der Waals surface area contributed by atoms with Gasteiger partial charge in [-0.3, -0.25) is 20.2 Å². The Morgan fingerprint density at radius 1 is 0.875 bits per heavy atom. The zero-order valence-corrected chi connectivity index (χ0v) is 19.0. The van der Waals surface area contributed by atoms with Crippen LogP contribution in [0.4, 0.5) is 11.4 Å². The lowest BCUT2D eigenvalue weighted by Crippen LogP contribution is -2.23. The Bertz CT molecular complexity index is 689. The number of carbonyl (C=O) groups is 1. The topological polar surface area (TPSA) is 124 Å². The average molecular weight is 449 g/mol. The molecule has 0 aliphatic heterocycles. The van der Waals surface area contributed by atoms with E-state index in [9.17, 15) is 25.0 Å². The molecule has 3 rings (SSSR count). The van der Waals surface area contributed by atoms with Crippen molar-refractivity contribution in [2.75, 3.05) is 0 Å². The number of non-ortho nitro benzene ring substituents is 2. The maximum Gasteiger partial charge on any atom is 0.336 e. The van der Waals surface area contributed by atoms with Crippen molar-refractivity contribution in [3.8, 4) is 0 Å². The number of rotatable bonds is 8. The maximum atomic E-state index is 10.5. The molecule has 32 heavy (non-hydrogen) atoms. The van der Waals surface area contributed by atoms with E-state index in [-0.39, 0.29) is 0 Å². The summed E-state index contributed by atoms with van der Waals surface area (Å²) in [4.78, 5) is 29.4. The first-order valence-corrected chi connectivity index (χ1v) is 12.0. The van der Waals surface area contributed by atoms with Gasteiger partial charge in [0.05, 0.1) is 21.5 Å². The summed E-state index contributed by atoms with van der Waals surface area (Å²) in [6.07, 6.45) is 19.8. The van der Waals surface area contributed by atoms with Crippen molar-refractivity contribution in [1.29, 1.82) is 0 Å². The van der Waals surface area contributed by atoms with E-state index in [2.05, 4.69) is 6.92 Å². The summed E-state index contributed by atoms with van der Waals surface area (Å²) in [7, 11) is 0. The summed E-state index contributed by atoms with van der Waals surface area (Å²) in [5.41, 5.74) is -1.74. The van der Waals surface area contributed by atoms with Crippen LogP contribution >= 0.6 is 0 Å². The van der Waals surface area contributed by atoms with Gasteiger partial charge in [-0.15, -0.1) is 0 Å². The fraction of sp³-hybridized carbons (Fsp3) is 0.708. The van der Waals surface area contributed by atoms with Crippen LogP contribution in [-0.4, -0.2) is 20.9 Å². The molecule has 0 aromatic heterocycles. The minimum atomic E-state index is -1.46. The van der Waals surface area contributed by atoms with E-state index in [1.807, 2.05) is 0 Å². The van der Waals surface area contributed by atoms with Gasteiger partial charge in [0.25, 0.3) is 11.4 Å². The number of nitrogens with zero attached hydrogens (tertiary/aromatic N) is 2. The van der Waals surface area contributed by atoms with E-state index in [1.165, 1.54) is 44.9 Å². The molecule has 2 aliphatic carbocycles. The van der Waals surface area contributed by atoms with Gasteiger partial charge in [0.2, 0.25) is 0 Å². The second kappa shape index (κ2) is 13.1. The third-order valence-electron chi connectivity index (χ3n) is 6.99. The Kier molecular flexibility index (Phi) is 10.6. The molecule has 8 heteroatoms. The summed E-state index contributed by atoms with van der Waals surface area (Å²) >= 11 is 0. The molecule has 0 saturated heterocycles. The Balaban J connectivity index is 0.000000229. The van der Waals surface area contributed by atoms with Crippen LogP contribution < -0.4 is 0 Å². The molecule has 0 amide bonds. The molecule has 0 radical (unpaired) electrons. The molecule has 8 nitrogen and oxygen atoms in total. The summed E-state index contributed by atoms with van der Waals surface area (Å²) < 4.78 is 0. The molecular weight excluding hydrogens is 412 g/mol. The molecule has 1 N–H and O–H groups in total. The Hall–Kier alpha value is -2.51. The number of nitro benzene ring substituents is 2. The van der Waals surface area contributed by atoms with Crippen LogP contribution in [0.15, 0.2) is 18.2 Å². The standard InChI is InChI=1S/C17H32.C7H4N2O6/c1-2-3-5-8-15-11-13-17(14-12-15)16-9-6-4-7-10-16;10-7(11)4-1-5(8(12)13)3-6(2-4)9(14)15/h15-17H,2-14H2,1H3;1-3H,(H,10,11). The first-order chi connectivity index (χ1) is 15.3. The smallest absolute Gasteiger partial charge is 0.336 e. The number of aromatic carboxylic acids is 1. The normalized spacial score (nSPS) is 21.3. The Morgan fingerprint density at radius 3 is 1.88 bits per heavy atom. The van der Waals surface area contributed by atoms with Crippen LogP contribution in [0.2, 0.25) is 0 Å². The highest BCUT2D eigenvalue weighted by molar-refractivity contribution is 5.89. The second-order valence-electron chi connectivity index (χ2n) is 9.23. The predicted molar refractivity (Wildman–Crippen MR) is 123 cm³/mol. The highest BCUT2D eigenvalue weighted by Gasteiger charge is 2.28. The number of carboxylic acid groups (broad SMARTS) is 1. The van der Waals surface area contributed by atoms with Crippen LogP contribution in [0.25, 0.3) is 0 Å². The number of nitro groups is 2. The fourth-order valence-corrected chi connectivity index (χ4v) is 5.17. The second-order valence-corrected chi connectivity index (χ2v) is 9.23. The van der Waals surface area contributed by atoms with Crippen LogP contribution in [0.1, 0.15) is 101 Å². The highest BCUT2D eigenvalue weighted by atomic mass is 16.6. The van der Waals surface area contributed by atoms with Gasteiger partial charge in [-0.2, -0.15) is 0 Å². The molecule has 0 spiro atoms. The minimum Gasteiger partial charge on any atom is -0.478 e. The number of hydrogen-bond acceptors (Lipinski definition) is 5. The molecule has 0 atom stereocenters. The Morgan fingerprint density at radius 2 is 1.41 bits per heavy atom. The summed E-state index contributed by atoms with van der Waals surface area (Å²) in [6.45, 7) is 2.32. The van der Waals surface area contributed by atoms with Gasteiger partial charge in [-0.25, -0.2) is 4.79 Å². The molecule has 0 heterocycles. The third-order valence-corrected chi connectivity index (χ3v) is 6.99. The van der Waals surface area contributed by atoms with E-state index >= 15 is 0 Å². The van der Waals surface area contributed by atoms with Gasteiger partial charge >= 0.3 is 5.97 Å². The van der Waals surface area contributed by atoms with Crippen LogP contribution in [0, 0.1) is 38.0 Å². The van der Waals surface area contributed by atoms with Crippen molar-refractivity contribution in [2.24, 2.45) is 17.8 Å². The number of unbranched alkanes of at least 4 members (excludes halogenated alkanes) is 2. The van der Waals surface area contributed by atoms with E-state index < -0.39 is 32.8 Å². The van der Waals surface area contributed by atoms with Crippen molar-refractivity contribution in [3.63, 3.8) is 0 Å². The van der Waals surface area contributed by atoms with Gasteiger partial charge in [-0.05, 0) is 30.6 Å². The minimum absolute atomic E-state index is 0.490. The van der Waals surface area contributed by atoms with Gasteiger partial charge in [0.15, 0.2) is 0 Å². The quantitative estimate of drug-likeness (QED) is 0.256. The van der Waals surface area contributed by atoms with Gasteiger partial charge < -0.3 is 5.11 Å². The van der Waals surface area contributed by atoms with Crippen molar-refractivity contribution in [3.05, 3.63) is 44.0 Å². The van der Waals surface area contributed by atoms with E-state index in [1.54, 1.807) is 38.5 Å². The molecule has 0 unspecified atom stereocenters. The molecule has 178 valence electrons. The lowest BCUT2D eigenvalue weighted by molar-refractivity contribution is -0.394. The predicted octanol–water partition coefficient (Wildman–Crippen LogP) is 7.15. The van der Waals surface area contributed by atoms with Crippen molar-refractivity contribution < 1.29 is 19.7 Å². The summed E-state index contributed by atoms with van der Waals surface area (Å²) in [5.74, 6) is 1.89. The van der Waals surface area contributed by atoms with Crippen molar-refractivity contribution in [1.82, 2.24) is 0 Å². The van der Waals surface area contributed by atoms with Gasteiger partial charge in [-0.1, -0.05) is 77.6 Å². The fourth-order valence-electron chi connectivity index (χ4n) is 5.17. The third kappa shape index (κ3) is 8.20. The van der Waals surface area contributed by atoms with Crippen molar-refractivity contribution >= 4 is 17.3 Å². The van der Waals surface area contributed by atoms with Gasteiger partial charge in [0.1, 0.15) is 0 Å². The molecule has 1 aromatic carbocycles. The van der Waals surface area contributed by atoms with Crippen LogP contribution in [0.3, 0.4) is 0 Å². The Labute approximate surface area is 189 Å². The number of hydrogen-bond donors (Lipinski definition) is 1. The van der Waals surface area contributed by atoms with E-state index in [0.29, 0.717) is 6.07 Å². The molecule has 0 bridgehead atoms. The van der Waals surface area contributed by atoms with Crippen molar-refractivity contribution in [2.45, 2.75) is 90.4 Å². The lowest BCUT2D eigenvalue weighted by atomic mass is 9.70. The summed E-state index contributed by atoms with van der Waals surface area (Å²) in [5, 5.41) is 29.2. The molecular formula is C24H36N2O6. The molecule has 1 aromatic rings. The zero-order valence-electron chi connectivity index (χ0n) is 19.0. The zero-order chi connectivity index (χ0) is 23.5. The molecule has 2 aliphatic rings. The monoisotopic (exact) mass is 448 g/mol. The van der Waals surface area contributed by atoms with E-state index in [4.69, 9.17) is 5.11 Å². The van der Waals surface area contributed by atoms with Gasteiger partial charge in [0, 0.05) is 12.1 Å². The van der Waals surface area contributed by atoms with E-state index in [0.717, 1.165) is 29.9 Å². The SMILES string of the molecule is CCCCCC1CCC(C2CCCCC2)CC1.O=C(O)c1cc([N+](=O)[O-])cc([N+](=O)[O-])c1. The summed E-state index contributed by atoms with van der Waals surface area (Å²) in [6, 6.07) is 2.22. The van der Waals surface area contributed by atoms with Crippen LogP contribution in [-0.2, 0) is 0 Å². The number of benzene rings is 1. The average Bonchev–Trinajstić information content (AvgIpc) is 2.80. The number of carboxylic acids is 1. The highest BCUT2D eigenvalue weighted by Crippen LogP contribution is 2.41. The molecule has 2 fully saturated rings.